The summed E-state index contributed by atoms with van der Waals surface area (Å²) in [5, 5.41) is 0. The molecule has 0 bridgehead atoms. The maximum atomic E-state index is 14.2. The SMILES string of the molecule is Cc1ccc(C(=O)N(CC2CCCO2)c2ccc(F)[c-]c2F)cc1.Cc1ccc(C(=O)N(CC2CCCO2)c2ccc(F)[c-]c2F)cc1.[C-]1=CC=CC1.[C-]1=CC=CC1.[Ti+4]. The average Bonchev–Trinajstić information content (AvgIpc) is 4.08. The fourth-order valence-corrected chi connectivity index (χ4v) is 6.24. The Bertz CT molecular complexity index is 1900. The van der Waals surface area contributed by atoms with Gasteiger partial charge in [0.05, 0.1) is 12.2 Å². The van der Waals surface area contributed by atoms with E-state index >= 15 is 0 Å². The molecule has 4 aromatic rings. The summed E-state index contributed by atoms with van der Waals surface area (Å²) in [5.41, 5.74) is 2.97. The molecule has 2 heterocycles. The topological polar surface area (TPSA) is 59.1 Å². The van der Waals surface area contributed by atoms with Gasteiger partial charge in [0, 0.05) is 60.7 Å². The molecular weight excluding hydrogens is 792 g/mol. The van der Waals surface area contributed by atoms with E-state index in [2.05, 4.69) is 24.3 Å². The van der Waals surface area contributed by atoms with Gasteiger partial charge in [0.1, 0.15) is 0 Å². The van der Waals surface area contributed by atoms with Crippen molar-refractivity contribution in [2.75, 3.05) is 36.1 Å². The Morgan fingerprint density at radius 2 is 1.00 bits per heavy atom. The Kier molecular flexibility index (Phi) is 19.3. The number of nitrogens with zero attached hydrogens (tertiary/aromatic N) is 2. The van der Waals surface area contributed by atoms with Gasteiger partial charge >= 0.3 is 21.7 Å². The van der Waals surface area contributed by atoms with Gasteiger partial charge in [0.25, 0.3) is 0 Å². The van der Waals surface area contributed by atoms with Crippen LogP contribution in [0, 0.1) is 61.4 Å². The number of carbonyl (C=O) groups excluding carboxylic acids is 2. The first-order valence-corrected chi connectivity index (χ1v) is 19.3. The molecule has 11 heteroatoms. The molecule has 59 heavy (non-hydrogen) atoms. The Balaban J connectivity index is 0.000000207. The van der Waals surface area contributed by atoms with Gasteiger partial charge in [-0.1, -0.05) is 35.4 Å². The summed E-state index contributed by atoms with van der Waals surface area (Å²) in [7, 11) is 0. The summed E-state index contributed by atoms with van der Waals surface area (Å²) in [6.07, 6.45) is 23.1. The molecule has 0 N–H and O–H groups in total. The summed E-state index contributed by atoms with van der Waals surface area (Å²) in [5.74, 6) is -4.04. The number of carbonyl (C=O) groups is 2. The Morgan fingerprint density at radius 3 is 1.27 bits per heavy atom. The first-order valence-electron chi connectivity index (χ1n) is 19.3. The Morgan fingerprint density at radius 1 is 0.610 bits per heavy atom. The van der Waals surface area contributed by atoms with Gasteiger partial charge in [-0.15, -0.1) is 49.2 Å². The fraction of sp³-hybridized carbons (Fsp3) is 0.292. The molecule has 2 saturated heterocycles. The second-order valence-corrected chi connectivity index (χ2v) is 13.9. The van der Waals surface area contributed by atoms with E-state index < -0.39 is 23.3 Å². The molecule has 6 nitrogen and oxygen atoms in total. The molecule has 2 unspecified atom stereocenters. The molecule has 4 aliphatic rings. The van der Waals surface area contributed by atoms with Gasteiger partial charge in [0.15, 0.2) is 0 Å². The molecule has 0 spiro atoms. The molecule has 2 amide bonds. The maximum absolute atomic E-state index is 14.2. The van der Waals surface area contributed by atoms with Crippen LogP contribution < -0.4 is 9.80 Å². The number of hydrogen-bond acceptors (Lipinski definition) is 4. The predicted octanol–water partition coefficient (Wildman–Crippen LogP) is 10.4. The van der Waals surface area contributed by atoms with Crippen molar-refractivity contribution in [3.05, 3.63) is 179 Å². The van der Waals surface area contributed by atoms with Crippen LogP contribution >= 0.6 is 0 Å². The van der Waals surface area contributed by atoms with E-state index in [9.17, 15) is 27.2 Å². The second kappa shape index (κ2) is 24.3. The van der Waals surface area contributed by atoms with Crippen molar-refractivity contribution in [1.29, 1.82) is 0 Å². The van der Waals surface area contributed by atoms with Gasteiger partial charge in [-0.25, -0.2) is 41.9 Å². The fourth-order valence-electron chi connectivity index (χ4n) is 6.24. The number of aryl methyl sites for hydroxylation is 2. The van der Waals surface area contributed by atoms with Crippen LogP contribution in [-0.4, -0.2) is 50.3 Å². The number of anilines is 2. The number of ether oxygens (including phenoxy) is 2. The van der Waals surface area contributed by atoms with E-state index in [0.717, 1.165) is 61.8 Å². The number of halogens is 4. The molecule has 2 atom stereocenters. The minimum atomic E-state index is -0.881. The minimum absolute atomic E-state index is 0. The first kappa shape index (κ1) is 46.8. The van der Waals surface area contributed by atoms with Crippen molar-refractivity contribution in [3.8, 4) is 0 Å². The van der Waals surface area contributed by atoms with Crippen molar-refractivity contribution in [2.45, 2.75) is 64.6 Å². The number of rotatable bonds is 8. The normalized spacial score (nSPS) is 16.8. The molecule has 8 rings (SSSR count). The van der Waals surface area contributed by atoms with Crippen molar-refractivity contribution >= 4 is 23.2 Å². The maximum Gasteiger partial charge on any atom is 4.00 e. The molecule has 2 aliphatic heterocycles. The summed E-state index contributed by atoms with van der Waals surface area (Å²) < 4.78 is 65.8. The van der Waals surface area contributed by atoms with Crippen LogP contribution in [-0.2, 0) is 31.2 Å². The molecule has 4 aromatic carbocycles. The smallest absolute Gasteiger partial charge is 0.376 e. The van der Waals surface area contributed by atoms with Crippen LogP contribution in [0.15, 0.2) is 109 Å². The van der Waals surface area contributed by atoms with Crippen LogP contribution in [0.5, 0.6) is 0 Å². The number of benzene rings is 4. The van der Waals surface area contributed by atoms with E-state index in [4.69, 9.17) is 9.47 Å². The van der Waals surface area contributed by atoms with Crippen LogP contribution in [0.4, 0.5) is 28.9 Å². The van der Waals surface area contributed by atoms with Crippen LogP contribution in [0.1, 0.15) is 70.4 Å². The molecule has 0 aromatic heterocycles. The number of hydrogen-bond donors (Lipinski definition) is 0. The average molecular weight is 839 g/mol. The van der Waals surface area contributed by atoms with Gasteiger partial charge < -0.3 is 19.3 Å². The van der Waals surface area contributed by atoms with E-state index in [0.29, 0.717) is 24.3 Å². The van der Waals surface area contributed by atoms with Crippen LogP contribution in [0.25, 0.3) is 0 Å². The summed E-state index contributed by atoms with van der Waals surface area (Å²) in [6.45, 7) is 5.57. The summed E-state index contributed by atoms with van der Waals surface area (Å²) >= 11 is 0. The zero-order chi connectivity index (χ0) is 41.3. The van der Waals surface area contributed by atoms with Gasteiger partial charge in [-0.3, -0.25) is 21.7 Å². The van der Waals surface area contributed by atoms with Crippen molar-refractivity contribution in [1.82, 2.24) is 0 Å². The third-order valence-electron chi connectivity index (χ3n) is 9.34. The Hall–Kier alpha value is -4.87. The molecule has 304 valence electrons. The first-order chi connectivity index (χ1) is 28.1. The monoisotopic (exact) mass is 838 g/mol. The molecule has 0 radical (unpaired) electrons. The molecule has 2 aliphatic carbocycles. The molecular formula is C48H46F4N2O4Ti. The van der Waals surface area contributed by atoms with E-state index in [-0.39, 0.29) is 70.2 Å². The van der Waals surface area contributed by atoms with Crippen molar-refractivity contribution in [2.24, 2.45) is 0 Å². The number of amides is 2. The van der Waals surface area contributed by atoms with E-state index in [1.165, 1.54) is 21.9 Å². The standard InChI is InChI=1S/2C19H18F2NO2.2C5H5.Ti/c2*1-13-4-6-14(7-5-13)19(23)22(12-16-3-2-10-24-16)18-9-8-15(20)11-17(18)21;2*1-2-4-5-3-1;/h2*4-9,16H,2-3,10,12H2,1H3;2*1-3H,4H2;/q4*-1;+4. The quantitative estimate of drug-likeness (QED) is 0.101. The zero-order valence-electron chi connectivity index (χ0n) is 33.2. The Labute approximate surface area is 359 Å². The largest absolute Gasteiger partial charge is 4.00 e. The predicted molar refractivity (Wildman–Crippen MR) is 217 cm³/mol. The third-order valence-corrected chi connectivity index (χ3v) is 9.34. The van der Waals surface area contributed by atoms with E-state index in [1.807, 2.05) is 74.5 Å². The van der Waals surface area contributed by atoms with Gasteiger partial charge in [-0.2, -0.15) is 12.2 Å². The molecule has 0 saturated carbocycles. The minimum Gasteiger partial charge on any atom is -0.376 e. The van der Waals surface area contributed by atoms with Crippen molar-refractivity contribution in [3.63, 3.8) is 0 Å². The third kappa shape index (κ3) is 14.7. The molecule has 2 fully saturated rings. The van der Waals surface area contributed by atoms with E-state index in [1.54, 1.807) is 24.3 Å². The van der Waals surface area contributed by atoms with Gasteiger partial charge in [-0.05, 0) is 75.2 Å². The van der Waals surface area contributed by atoms with Crippen molar-refractivity contribution < 1.29 is 58.3 Å². The van der Waals surface area contributed by atoms with Gasteiger partial charge in [0.2, 0.25) is 11.8 Å². The van der Waals surface area contributed by atoms with Crippen LogP contribution in [0.2, 0.25) is 0 Å². The second-order valence-electron chi connectivity index (χ2n) is 13.9. The van der Waals surface area contributed by atoms with Crippen LogP contribution in [0.3, 0.4) is 0 Å². The summed E-state index contributed by atoms with van der Waals surface area (Å²) in [4.78, 5) is 28.4. The zero-order valence-corrected chi connectivity index (χ0v) is 34.7. The summed E-state index contributed by atoms with van der Waals surface area (Å²) in [6, 6.07) is 22.8. The number of allylic oxidation sites excluding steroid dienone is 8.